The summed E-state index contributed by atoms with van der Waals surface area (Å²) in [7, 11) is -2.82. The maximum Gasteiger partial charge on any atom is 0.180 e. The second-order valence-corrected chi connectivity index (χ2v) is 15.4. The number of nitrogens with zero attached hydrogens (tertiary/aromatic N) is 1. The number of hydrogen-bond acceptors (Lipinski definition) is 0. The van der Waals surface area contributed by atoms with E-state index in [1.165, 1.54) is 70.5 Å². The summed E-state index contributed by atoms with van der Waals surface area (Å²) in [6, 6.07) is 65.6. The second kappa shape index (κ2) is 9.80. The molecule has 1 aliphatic rings. The number of fused-ring (bicyclic) bond motifs is 8. The molecule has 2 heteroatoms. The van der Waals surface area contributed by atoms with E-state index in [0.29, 0.717) is 0 Å². The van der Waals surface area contributed by atoms with Crippen LogP contribution >= 0.6 is 0 Å². The zero-order chi connectivity index (χ0) is 29.1. The quantitative estimate of drug-likeness (QED) is 0.189. The second-order valence-electron chi connectivity index (χ2n) is 11.7. The van der Waals surface area contributed by atoms with Crippen LogP contribution in [-0.4, -0.2) is 12.6 Å². The Hall–Kier alpha value is -5.44. The molecule has 0 atom stereocenters. The summed E-state index contributed by atoms with van der Waals surface area (Å²) in [4.78, 5) is 0. The highest BCUT2D eigenvalue weighted by molar-refractivity contribution is 7.21. The lowest BCUT2D eigenvalue weighted by Crippen LogP contribution is -2.75. The predicted molar refractivity (Wildman–Crippen MR) is 189 cm³/mol. The van der Waals surface area contributed by atoms with Crippen molar-refractivity contribution in [1.82, 2.24) is 4.57 Å². The van der Waals surface area contributed by atoms with Crippen molar-refractivity contribution in [2.24, 2.45) is 0 Å². The van der Waals surface area contributed by atoms with Crippen molar-refractivity contribution in [2.75, 3.05) is 0 Å². The van der Waals surface area contributed by atoms with Crippen LogP contribution < -0.4 is 20.7 Å². The molecular weight excluding hydrogens is 547 g/mol. The lowest BCUT2D eigenvalue weighted by molar-refractivity contribution is 1.18. The summed E-state index contributed by atoms with van der Waals surface area (Å²) in [5.74, 6) is 0. The van der Waals surface area contributed by atoms with Crippen molar-refractivity contribution in [2.45, 2.75) is 0 Å². The van der Waals surface area contributed by atoms with E-state index >= 15 is 0 Å². The maximum absolute atomic E-state index is 2.82. The van der Waals surface area contributed by atoms with Gasteiger partial charge >= 0.3 is 0 Å². The van der Waals surface area contributed by atoms with Gasteiger partial charge in [-0.1, -0.05) is 152 Å². The lowest BCUT2D eigenvalue weighted by Gasteiger charge is -2.36. The Labute approximate surface area is 258 Å². The normalized spacial score (nSPS) is 13.2. The Bertz CT molecular complexity index is 2230. The van der Waals surface area contributed by atoms with Crippen LogP contribution in [0.3, 0.4) is 0 Å². The molecule has 0 N–H and O–H groups in total. The number of para-hydroxylation sites is 2. The molecule has 0 bridgehead atoms. The minimum Gasteiger partial charge on any atom is -0.309 e. The van der Waals surface area contributed by atoms with Gasteiger partial charge in [-0.3, -0.25) is 0 Å². The molecule has 0 saturated carbocycles. The van der Waals surface area contributed by atoms with Gasteiger partial charge in [-0.2, -0.15) is 0 Å². The Morgan fingerprint density at radius 3 is 1.39 bits per heavy atom. The van der Waals surface area contributed by atoms with Gasteiger partial charge in [-0.05, 0) is 67.3 Å². The summed E-state index contributed by atoms with van der Waals surface area (Å²) in [6.07, 6.45) is 0. The van der Waals surface area contributed by atoms with Crippen LogP contribution in [0, 0.1) is 0 Å². The molecule has 8 aromatic rings. The highest BCUT2D eigenvalue weighted by atomic mass is 28.3. The third-order valence-corrected chi connectivity index (χ3v) is 14.4. The van der Waals surface area contributed by atoms with E-state index in [-0.39, 0.29) is 0 Å². The number of aromatic nitrogens is 1. The van der Waals surface area contributed by atoms with Gasteiger partial charge in [0.15, 0.2) is 8.07 Å². The third kappa shape index (κ3) is 3.46. The number of hydrogen-bond donors (Lipinski definition) is 0. The monoisotopic (exact) mass is 575 g/mol. The van der Waals surface area contributed by atoms with Crippen LogP contribution in [0.2, 0.25) is 0 Å². The molecule has 1 aromatic heterocycles. The molecule has 2 heterocycles. The van der Waals surface area contributed by atoms with Gasteiger partial charge < -0.3 is 4.57 Å². The summed E-state index contributed by atoms with van der Waals surface area (Å²) in [5.41, 5.74) is 8.93. The molecule has 0 radical (unpaired) electrons. The first-order valence-corrected chi connectivity index (χ1v) is 17.3. The van der Waals surface area contributed by atoms with E-state index in [1.807, 2.05) is 0 Å². The topological polar surface area (TPSA) is 4.93 Å². The molecule has 7 aromatic carbocycles. The first kappa shape index (κ1) is 25.1. The van der Waals surface area contributed by atoms with Crippen LogP contribution in [0.4, 0.5) is 0 Å². The maximum atomic E-state index is 2.49. The van der Waals surface area contributed by atoms with Gasteiger partial charge in [0, 0.05) is 16.5 Å². The molecule has 9 rings (SSSR count). The molecule has 1 nitrogen and oxygen atoms in total. The fraction of sp³-hybridized carbons (Fsp3) is 0. The Balaban J connectivity index is 1.44. The molecule has 0 unspecified atom stereocenters. The van der Waals surface area contributed by atoms with E-state index in [0.717, 1.165) is 0 Å². The Morgan fingerprint density at radius 1 is 0.341 bits per heavy atom. The first-order chi connectivity index (χ1) is 21.9. The minimum atomic E-state index is -2.82. The number of rotatable bonds is 3. The fourth-order valence-corrected chi connectivity index (χ4v) is 13.0. The van der Waals surface area contributed by atoms with E-state index in [9.17, 15) is 0 Å². The van der Waals surface area contributed by atoms with Gasteiger partial charge in [0.1, 0.15) is 0 Å². The SMILES string of the molecule is c1ccc([Si]2(c3cccc(-n4c5ccccc5c5ccccc54)c3)c3ccccc3-c3ccccc3-c3ccccc32)cc1. The van der Waals surface area contributed by atoms with E-state index < -0.39 is 8.07 Å². The summed E-state index contributed by atoms with van der Waals surface area (Å²) in [5, 5.41) is 8.21. The van der Waals surface area contributed by atoms with Crippen LogP contribution in [0.25, 0.3) is 49.7 Å². The zero-order valence-corrected chi connectivity index (χ0v) is 25.2. The average Bonchev–Trinajstić information content (AvgIpc) is 3.39. The zero-order valence-electron chi connectivity index (χ0n) is 24.2. The summed E-state index contributed by atoms with van der Waals surface area (Å²) < 4.78 is 2.45. The third-order valence-electron chi connectivity index (χ3n) is 9.49. The van der Waals surface area contributed by atoms with Crippen molar-refractivity contribution < 1.29 is 0 Å². The highest BCUT2D eigenvalue weighted by Crippen LogP contribution is 2.36. The van der Waals surface area contributed by atoms with Crippen LogP contribution in [0.1, 0.15) is 0 Å². The van der Waals surface area contributed by atoms with Gasteiger partial charge in [-0.25, -0.2) is 0 Å². The van der Waals surface area contributed by atoms with Crippen LogP contribution in [-0.2, 0) is 0 Å². The molecule has 0 fully saturated rings. The molecule has 0 aliphatic carbocycles. The average molecular weight is 576 g/mol. The summed E-state index contributed by atoms with van der Waals surface area (Å²) in [6.45, 7) is 0. The molecule has 206 valence electrons. The van der Waals surface area contributed by atoms with Gasteiger partial charge in [0.05, 0.1) is 11.0 Å². The largest absolute Gasteiger partial charge is 0.309 e. The fourth-order valence-electron chi connectivity index (χ4n) is 7.74. The molecule has 0 amide bonds. The Morgan fingerprint density at radius 2 is 0.795 bits per heavy atom. The van der Waals surface area contributed by atoms with Crippen molar-refractivity contribution in [3.63, 3.8) is 0 Å². The van der Waals surface area contributed by atoms with Crippen LogP contribution in [0.5, 0.6) is 0 Å². The molecule has 44 heavy (non-hydrogen) atoms. The van der Waals surface area contributed by atoms with Gasteiger partial charge in [-0.15, -0.1) is 0 Å². The first-order valence-electron chi connectivity index (χ1n) is 15.3. The van der Waals surface area contributed by atoms with Crippen LogP contribution in [0.15, 0.2) is 176 Å². The lowest BCUT2D eigenvalue weighted by atomic mass is 9.95. The van der Waals surface area contributed by atoms with E-state index in [4.69, 9.17) is 0 Å². The Kier molecular flexibility index (Phi) is 5.59. The van der Waals surface area contributed by atoms with Crippen molar-refractivity contribution in [1.29, 1.82) is 0 Å². The van der Waals surface area contributed by atoms with Crippen molar-refractivity contribution >= 4 is 50.6 Å². The smallest absolute Gasteiger partial charge is 0.180 e. The molecule has 0 spiro atoms. The molecule has 1 aliphatic heterocycles. The van der Waals surface area contributed by atoms with Gasteiger partial charge in [0.2, 0.25) is 0 Å². The molecular formula is C42H29NSi. The van der Waals surface area contributed by atoms with Crippen molar-refractivity contribution in [3.05, 3.63) is 176 Å². The predicted octanol–water partition coefficient (Wildman–Crippen LogP) is 7.81. The van der Waals surface area contributed by atoms with E-state index in [1.54, 1.807) is 0 Å². The van der Waals surface area contributed by atoms with E-state index in [2.05, 4.69) is 180 Å². The summed E-state index contributed by atoms with van der Waals surface area (Å²) >= 11 is 0. The number of benzene rings is 7. The van der Waals surface area contributed by atoms with Crippen molar-refractivity contribution in [3.8, 4) is 27.9 Å². The molecule has 0 saturated heterocycles. The van der Waals surface area contributed by atoms with Gasteiger partial charge in [0.25, 0.3) is 0 Å². The highest BCUT2D eigenvalue weighted by Gasteiger charge is 2.46. The standard InChI is InChI=1S/C42H29NSi/c1-2-16-31(17-3-1)44(41-27-12-8-23-37(41)33-19-4-5-20-34(33)38-24-9-13-28-42(38)44)32-18-14-15-30(29-32)43-39-25-10-6-21-35(39)36-22-7-11-26-40(36)43/h1-29H. The minimum absolute atomic E-state index is 1.19.